The van der Waals surface area contributed by atoms with Crippen LogP contribution in [0, 0.1) is 11.3 Å². The number of quaternary nitrogens is 1. The molecule has 1 aliphatic rings. The maximum absolute atomic E-state index is 8.72. The molecule has 0 saturated carbocycles. The van der Waals surface area contributed by atoms with Crippen molar-refractivity contribution in [2.45, 2.75) is 31.7 Å². The number of anilines is 1. The molecule has 3 rings (SSSR count). The van der Waals surface area contributed by atoms with E-state index in [2.05, 4.69) is 92.5 Å². The molecule has 2 unspecified atom stereocenters. The van der Waals surface area contributed by atoms with E-state index in [0.717, 1.165) is 12.2 Å². The zero-order valence-corrected chi connectivity index (χ0v) is 16.2. The van der Waals surface area contributed by atoms with Crippen molar-refractivity contribution in [1.82, 2.24) is 0 Å². The Hall–Kier alpha value is -2.57. The molecule has 0 bridgehead atoms. The van der Waals surface area contributed by atoms with Gasteiger partial charge in [-0.25, -0.2) is 0 Å². The second-order valence-corrected chi connectivity index (χ2v) is 7.71. The number of hydrogen-bond donors (Lipinski definition) is 1. The van der Waals surface area contributed by atoms with E-state index in [4.69, 9.17) is 5.26 Å². The molecule has 3 heteroatoms. The summed E-state index contributed by atoms with van der Waals surface area (Å²) in [6.07, 6.45) is 5.13. The standard InChI is InChI=1S/C23H27N3/c1-23(2)20-8-5-6-9-21(20)26(4)22(23)15-12-18-10-13-19(14-11-18)25(3)17-7-16-24/h5-6,8-15,22H,7,17H2,1-4H3/p+1/b15-12+. The van der Waals surface area contributed by atoms with Crippen molar-refractivity contribution in [3.8, 4) is 6.07 Å². The summed E-state index contributed by atoms with van der Waals surface area (Å²) >= 11 is 0. The van der Waals surface area contributed by atoms with Crippen LogP contribution in [0.1, 0.15) is 31.4 Å². The summed E-state index contributed by atoms with van der Waals surface area (Å²) in [6.45, 7) is 5.43. The second kappa shape index (κ2) is 7.35. The Morgan fingerprint density at radius 3 is 2.50 bits per heavy atom. The summed E-state index contributed by atoms with van der Waals surface area (Å²) in [6, 6.07) is 19.9. The van der Waals surface area contributed by atoms with Crippen LogP contribution in [0.4, 0.5) is 11.4 Å². The first-order valence-electron chi connectivity index (χ1n) is 9.25. The third-order valence-corrected chi connectivity index (χ3v) is 5.66. The van der Waals surface area contributed by atoms with Gasteiger partial charge >= 0.3 is 0 Å². The molecular weight excluding hydrogens is 318 g/mol. The first kappa shape index (κ1) is 18.2. The average molecular weight is 346 g/mol. The third kappa shape index (κ3) is 3.38. The first-order chi connectivity index (χ1) is 12.4. The zero-order chi connectivity index (χ0) is 18.7. The summed E-state index contributed by atoms with van der Waals surface area (Å²) < 4.78 is 0. The normalized spacial score (nSPS) is 20.7. The lowest BCUT2D eigenvalue weighted by Gasteiger charge is -2.25. The van der Waals surface area contributed by atoms with Gasteiger partial charge in [0.2, 0.25) is 0 Å². The van der Waals surface area contributed by atoms with Gasteiger partial charge < -0.3 is 4.90 Å². The number of rotatable bonds is 5. The minimum atomic E-state index is 0.120. The number of para-hydroxylation sites is 1. The summed E-state index contributed by atoms with van der Waals surface area (Å²) in [5.41, 5.74) is 5.33. The van der Waals surface area contributed by atoms with E-state index < -0.39 is 0 Å². The van der Waals surface area contributed by atoms with E-state index in [0.29, 0.717) is 12.5 Å². The van der Waals surface area contributed by atoms with Gasteiger partial charge in [-0.15, -0.1) is 0 Å². The van der Waals surface area contributed by atoms with Crippen molar-refractivity contribution < 1.29 is 4.90 Å². The Balaban J connectivity index is 1.75. The molecule has 0 aromatic heterocycles. The van der Waals surface area contributed by atoms with Crippen LogP contribution in [-0.4, -0.2) is 26.7 Å². The van der Waals surface area contributed by atoms with Gasteiger partial charge in [0.1, 0.15) is 11.7 Å². The number of nitriles is 1. The van der Waals surface area contributed by atoms with Gasteiger partial charge in [0, 0.05) is 24.8 Å². The fourth-order valence-corrected chi connectivity index (χ4v) is 4.04. The lowest BCUT2D eigenvalue weighted by atomic mass is 9.80. The molecule has 3 nitrogen and oxygen atoms in total. The number of nitrogens with zero attached hydrogens (tertiary/aromatic N) is 2. The number of hydrogen-bond acceptors (Lipinski definition) is 2. The summed E-state index contributed by atoms with van der Waals surface area (Å²) in [7, 11) is 4.29. The molecule has 1 N–H and O–H groups in total. The van der Waals surface area contributed by atoms with E-state index >= 15 is 0 Å². The molecule has 1 heterocycles. The van der Waals surface area contributed by atoms with Crippen molar-refractivity contribution in [1.29, 1.82) is 5.26 Å². The molecule has 26 heavy (non-hydrogen) atoms. The molecule has 2 aromatic carbocycles. The molecule has 134 valence electrons. The number of fused-ring (bicyclic) bond motifs is 1. The molecule has 0 spiro atoms. The number of likely N-dealkylation sites (N-methyl/N-ethyl adjacent to an activating group) is 1. The Morgan fingerprint density at radius 2 is 1.85 bits per heavy atom. The Bertz CT molecular complexity index is 827. The van der Waals surface area contributed by atoms with Crippen LogP contribution in [0.2, 0.25) is 0 Å². The lowest BCUT2D eigenvalue weighted by molar-refractivity contribution is -0.828. The first-order valence-corrected chi connectivity index (χ1v) is 9.25. The second-order valence-electron chi connectivity index (χ2n) is 7.71. The largest absolute Gasteiger partial charge is 0.374 e. The van der Waals surface area contributed by atoms with Gasteiger partial charge in [0.15, 0.2) is 0 Å². The van der Waals surface area contributed by atoms with Crippen molar-refractivity contribution in [3.05, 3.63) is 65.7 Å². The van der Waals surface area contributed by atoms with Crippen LogP contribution >= 0.6 is 0 Å². The van der Waals surface area contributed by atoms with Gasteiger partial charge in [0.25, 0.3) is 0 Å². The minimum Gasteiger partial charge on any atom is -0.374 e. The van der Waals surface area contributed by atoms with Crippen molar-refractivity contribution in [2.24, 2.45) is 0 Å². The van der Waals surface area contributed by atoms with Crippen LogP contribution < -0.4 is 9.80 Å². The summed E-state index contributed by atoms with van der Waals surface area (Å²) in [4.78, 5) is 3.57. The van der Waals surface area contributed by atoms with E-state index in [1.807, 2.05) is 7.05 Å². The Labute approximate surface area is 157 Å². The monoisotopic (exact) mass is 346 g/mol. The van der Waals surface area contributed by atoms with Gasteiger partial charge in [-0.1, -0.05) is 36.4 Å². The summed E-state index contributed by atoms with van der Waals surface area (Å²) in [5, 5.41) is 8.72. The molecule has 0 amide bonds. The molecule has 1 aliphatic heterocycles. The predicted octanol–water partition coefficient (Wildman–Crippen LogP) is 3.56. The summed E-state index contributed by atoms with van der Waals surface area (Å²) in [5.74, 6) is 0. The third-order valence-electron chi connectivity index (χ3n) is 5.66. The number of benzene rings is 2. The van der Waals surface area contributed by atoms with Gasteiger partial charge in [-0.05, 0) is 43.7 Å². The van der Waals surface area contributed by atoms with Crippen LogP contribution in [0.5, 0.6) is 0 Å². The average Bonchev–Trinajstić information content (AvgIpc) is 2.85. The van der Waals surface area contributed by atoms with Crippen LogP contribution in [0.25, 0.3) is 6.08 Å². The SMILES string of the molecule is CN(CCC#N)c1ccc(/C=C/C2[NH+](C)c3ccccc3C2(C)C)cc1. The number of nitrogens with one attached hydrogen (secondary N) is 1. The molecular formula is C23H28N3+. The predicted molar refractivity (Wildman–Crippen MR) is 109 cm³/mol. The van der Waals surface area contributed by atoms with E-state index in [9.17, 15) is 0 Å². The topological polar surface area (TPSA) is 31.5 Å². The minimum absolute atomic E-state index is 0.120. The highest BCUT2D eigenvalue weighted by molar-refractivity contribution is 5.57. The maximum atomic E-state index is 8.72. The smallest absolute Gasteiger partial charge is 0.135 e. The fourth-order valence-electron chi connectivity index (χ4n) is 4.04. The highest BCUT2D eigenvalue weighted by atomic mass is 15.2. The van der Waals surface area contributed by atoms with Gasteiger partial charge in [-0.2, -0.15) is 5.26 Å². The maximum Gasteiger partial charge on any atom is 0.135 e. The Morgan fingerprint density at radius 1 is 1.15 bits per heavy atom. The van der Waals surface area contributed by atoms with Gasteiger partial charge in [-0.3, -0.25) is 4.90 Å². The van der Waals surface area contributed by atoms with E-state index in [1.54, 1.807) is 0 Å². The van der Waals surface area contributed by atoms with Crippen molar-refractivity contribution in [2.75, 3.05) is 25.5 Å². The van der Waals surface area contributed by atoms with Crippen molar-refractivity contribution in [3.63, 3.8) is 0 Å². The highest BCUT2D eigenvalue weighted by Crippen LogP contribution is 2.36. The van der Waals surface area contributed by atoms with Crippen molar-refractivity contribution >= 4 is 17.5 Å². The van der Waals surface area contributed by atoms with E-state index in [1.165, 1.54) is 21.7 Å². The lowest BCUT2D eigenvalue weighted by Crippen LogP contribution is -3.07. The molecule has 2 aromatic rings. The zero-order valence-electron chi connectivity index (χ0n) is 16.2. The molecule has 0 aliphatic carbocycles. The molecule has 0 saturated heterocycles. The Kier molecular flexibility index (Phi) is 5.15. The van der Waals surface area contributed by atoms with Crippen LogP contribution in [0.15, 0.2) is 54.6 Å². The fraction of sp³-hybridized carbons (Fsp3) is 0.348. The molecule has 2 atom stereocenters. The van der Waals surface area contributed by atoms with Gasteiger partial charge in [0.05, 0.1) is 25.0 Å². The highest BCUT2D eigenvalue weighted by Gasteiger charge is 2.45. The van der Waals surface area contributed by atoms with E-state index in [-0.39, 0.29) is 5.41 Å². The molecule has 0 fully saturated rings. The van der Waals surface area contributed by atoms with Crippen LogP contribution in [0.3, 0.4) is 0 Å². The quantitative estimate of drug-likeness (QED) is 0.898. The molecule has 0 radical (unpaired) electrons. The van der Waals surface area contributed by atoms with Crippen LogP contribution in [-0.2, 0) is 5.41 Å².